The van der Waals surface area contributed by atoms with Gasteiger partial charge in [-0.2, -0.15) is 0 Å². The molecule has 0 spiro atoms. The number of aliphatic hydroxyl groups is 1. The number of nitrogens with one attached hydrogen (secondary N) is 2. The predicted molar refractivity (Wildman–Crippen MR) is 74.6 cm³/mol. The summed E-state index contributed by atoms with van der Waals surface area (Å²) < 4.78 is 30.9. The van der Waals surface area contributed by atoms with Crippen LogP contribution in [0.25, 0.3) is 0 Å². The van der Waals surface area contributed by atoms with Crippen LogP contribution >= 0.6 is 0 Å². The Bertz CT molecular complexity index is 518. The normalized spacial score (nSPS) is 12.7. The molecule has 0 aliphatic heterocycles. The van der Waals surface area contributed by atoms with E-state index >= 15 is 0 Å². The molecule has 8 heteroatoms. The van der Waals surface area contributed by atoms with Gasteiger partial charge in [-0.05, 0) is 20.8 Å². The van der Waals surface area contributed by atoms with Crippen LogP contribution in [0.1, 0.15) is 20.8 Å². The van der Waals surface area contributed by atoms with E-state index in [1.54, 1.807) is 20.8 Å². The first kappa shape index (κ1) is 17.0. The molecule has 5 N–H and O–H groups in total. The lowest BCUT2D eigenvalue weighted by molar-refractivity contribution is 0.0500. The summed E-state index contributed by atoms with van der Waals surface area (Å²) in [7, 11) is 0. The van der Waals surface area contributed by atoms with Crippen LogP contribution in [0, 0.1) is 11.6 Å². The van der Waals surface area contributed by atoms with Crippen LogP contribution in [0.5, 0.6) is 0 Å². The quantitative estimate of drug-likeness (QED) is 0.502. The van der Waals surface area contributed by atoms with Gasteiger partial charge in [-0.1, -0.05) is 0 Å². The first-order chi connectivity index (χ1) is 9.58. The number of aliphatic hydroxyl groups excluding tert-OH is 1. The molecule has 118 valence electrons. The number of nitrogens with two attached hydrogens (primary N) is 1. The van der Waals surface area contributed by atoms with Gasteiger partial charge in [0.15, 0.2) is 11.6 Å². The highest BCUT2D eigenvalue weighted by Crippen LogP contribution is 2.22. The number of hydrogen-bond acceptors (Lipinski definition) is 5. The molecule has 1 unspecified atom stereocenters. The van der Waals surface area contributed by atoms with Crippen LogP contribution < -0.4 is 16.4 Å². The molecule has 0 saturated carbocycles. The van der Waals surface area contributed by atoms with E-state index in [0.29, 0.717) is 0 Å². The Hall–Kier alpha value is -2.09. The molecule has 6 nitrogen and oxygen atoms in total. The van der Waals surface area contributed by atoms with Gasteiger partial charge in [-0.15, -0.1) is 0 Å². The van der Waals surface area contributed by atoms with Crippen LogP contribution in [0.2, 0.25) is 0 Å². The number of halogens is 2. The summed E-state index contributed by atoms with van der Waals surface area (Å²) >= 11 is 0. The summed E-state index contributed by atoms with van der Waals surface area (Å²) in [5, 5.41) is 14.5. The van der Waals surface area contributed by atoms with E-state index < -0.39 is 29.6 Å². The number of hydrogen-bond donors (Lipinski definition) is 4. The van der Waals surface area contributed by atoms with E-state index in [9.17, 15) is 18.7 Å². The van der Waals surface area contributed by atoms with Crippen molar-refractivity contribution in [1.29, 1.82) is 0 Å². The van der Waals surface area contributed by atoms with Crippen molar-refractivity contribution in [3.8, 4) is 0 Å². The van der Waals surface area contributed by atoms with Gasteiger partial charge in [0.05, 0.1) is 17.9 Å². The standard InChI is InChI=1S/C13H19F2N3O3/c1-13(2,3)21-12(20)17-6-11(19)18-10-5-8(15)7(14)4-9(10)16/h4-5,11,18-19H,6,16H2,1-3H3,(H,17,20). The molecular weight excluding hydrogens is 284 g/mol. The largest absolute Gasteiger partial charge is 0.444 e. The minimum absolute atomic E-state index is 0.0207. The second kappa shape index (κ2) is 6.57. The zero-order valence-electron chi connectivity index (χ0n) is 12.0. The van der Waals surface area contributed by atoms with Gasteiger partial charge >= 0.3 is 6.09 Å². The molecular formula is C13H19F2N3O3. The molecule has 0 aliphatic rings. The molecule has 0 fully saturated rings. The zero-order chi connectivity index (χ0) is 16.2. The van der Waals surface area contributed by atoms with Crippen LogP contribution in [0.15, 0.2) is 12.1 Å². The van der Waals surface area contributed by atoms with Crippen molar-refractivity contribution in [3.63, 3.8) is 0 Å². The number of amides is 1. The van der Waals surface area contributed by atoms with Gasteiger partial charge in [0.1, 0.15) is 11.8 Å². The molecule has 1 aromatic rings. The Balaban J connectivity index is 2.53. The Morgan fingerprint density at radius 3 is 2.52 bits per heavy atom. The average Bonchev–Trinajstić information content (AvgIpc) is 2.31. The van der Waals surface area contributed by atoms with Crippen LogP contribution in [0.4, 0.5) is 25.0 Å². The van der Waals surface area contributed by atoms with Crippen LogP contribution in [-0.4, -0.2) is 29.6 Å². The fourth-order valence-electron chi connectivity index (χ4n) is 1.41. The molecule has 0 aliphatic carbocycles. The second-order valence-corrected chi connectivity index (χ2v) is 5.40. The monoisotopic (exact) mass is 303 g/mol. The Labute approximate surface area is 121 Å². The number of carbonyl (C=O) groups is 1. The zero-order valence-corrected chi connectivity index (χ0v) is 12.0. The van der Waals surface area contributed by atoms with Crippen molar-refractivity contribution < 1.29 is 23.4 Å². The van der Waals surface area contributed by atoms with Crippen molar-refractivity contribution in [1.82, 2.24) is 5.32 Å². The number of benzene rings is 1. The maximum atomic E-state index is 13.1. The fraction of sp³-hybridized carbons (Fsp3) is 0.462. The third-order valence-corrected chi connectivity index (χ3v) is 2.25. The lowest BCUT2D eigenvalue weighted by Gasteiger charge is -2.21. The Morgan fingerprint density at radius 1 is 1.38 bits per heavy atom. The fourth-order valence-corrected chi connectivity index (χ4v) is 1.41. The Morgan fingerprint density at radius 2 is 1.95 bits per heavy atom. The summed E-state index contributed by atoms with van der Waals surface area (Å²) in [6, 6.07) is 1.62. The van der Waals surface area contributed by atoms with Gasteiger partial charge in [-0.3, -0.25) is 0 Å². The molecule has 1 aromatic carbocycles. The van der Waals surface area contributed by atoms with Crippen molar-refractivity contribution in [2.24, 2.45) is 0 Å². The first-order valence-electron chi connectivity index (χ1n) is 6.24. The van der Waals surface area contributed by atoms with Gasteiger partial charge in [0.25, 0.3) is 0 Å². The number of nitrogen functional groups attached to an aromatic ring is 1. The van der Waals surface area contributed by atoms with E-state index in [4.69, 9.17) is 10.5 Å². The number of anilines is 2. The summed E-state index contributed by atoms with van der Waals surface area (Å²) in [6.45, 7) is 4.89. The van der Waals surface area contributed by atoms with E-state index in [-0.39, 0.29) is 17.9 Å². The molecule has 0 heterocycles. The summed E-state index contributed by atoms with van der Waals surface area (Å²) in [5.74, 6) is -2.18. The van der Waals surface area contributed by atoms with Gasteiger partial charge < -0.3 is 26.2 Å². The van der Waals surface area contributed by atoms with E-state index in [0.717, 1.165) is 12.1 Å². The summed E-state index contributed by atoms with van der Waals surface area (Å²) in [4.78, 5) is 11.4. The maximum absolute atomic E-state index is 13.1. The van der Waals surface area contributed by atoms with Crippen LogP contribution in [0.3, 0.4) is 0 Å². The topological polar surface area (TPSA) is 96.6 Å². The number of rotatable bonds is 4. The summed E-state index contributed by atoms with van der Waals surface area (Å²) in [5.41, 5.74) is 4.78. The molecule has 21 heavy (non-hydrogen) atoms. The molecule has 0 saturated heterocycles. The van der Waals surface area contributed by atoms with Crippen LogP contribution in [-0.2, 0) is 4.74 Å². The highest BCUT2D eigenvalue weighted by atomic mass is 19.2. The van der Waals surface area contributed by atoms with Crippen molar-refractivity contribution in [3.05, 3.63) is 23.8 Å². The molecule has 0 bridgehead atoms. The average molecular weight is 303 g/mol. The van der Waals surface area contributed by atoms with Gasteiger partial charge in [0, 0.05) is 12.1 Å². The Kier molecular flexibility index (Phi) is 5.31. The lowest BCUT2D eigenvalue weighted by Crippen LogP contribution is -2.39. The molecule has 0 radical (unpaired) electrons. The van der Waals surface area contributed by atoms with E-state index in [1.165, 1.54) is 0 Å². The molecule has 1 atom stereocenters. The maximum Gasteiger partial charge on any atom is 0.407 e. The van der Waals surface area contributed by atoms with Crippen molar-refractivity contribution >= 4 is 17.5 Å². The van der Waals surface area contributed by atoms with Crippen molar-refractivity contribution in [2.75, 3.05) is 17.6 Å². The SMILES string of the molecule is CC(C)(C)OC(=O)NCC(O)Nc1cc(F)c(F)cc1N. The predicted octanol–water partition coefficient (Wildman–Crippen LogP) is 1.80. The first-order valence-corrected chi connectivity index (χ1v) is 6.24. The van der Waals surface area contributed by atoms with Crippen molar-refractivity contribution in [2.45, 2.75) is 32.6 Å². The number of alkyl carbamates (subject to hydrolysis) is 1. The van der Waals surface area contributed by atoms with Gasteiger partial charge in [-0.25, -0.2) is 13.6 Å². The summed E-state index contributed by atoms with van der Waals surface area (Å²) in [6.07, 6.45) is -1.95. The smallest absolute Gasteiger partial charge is 0.407 e. The molecule has 1 amide bonds. The highest BCUT2D eigenvalue weighted by Gasteiger charge is 2.17. The highest BCUT2D eigenvalue weighted by molar-refractivity contribution is 5.68. The number of carbonyl (C=O) groups excluding carboxylic acids is 1. The lowest BCUT2D eigenvalue weighted by atomic mass is 10.2. The third kappa shape index (κ3) is 5.82. The van der Waals surface area contributed by atoms with E-state index in [2.05, 4.69) is 10.6 Å². The number of ether oxygens (including phenoxy) is 1. The van der Waals surface area contributed by atoms with E-state index in [1.807, 2.05) is 0 Å². The molecule has 1 rings (SSSR count). The third-order valence-electron chi connectivity index (χ3n) is 2.25. The van der Waals surface area contributed by atoms with Gasteiger partial charge in [0.2, 0.25) is 0 Å². The minimum Gasteiger partial charge on any atom is -0.444 e. The molecule has 0 aromatic heterocycles. The minimum atomic E-state index is -1.25. The second-order valence-electron chi connectivity index (χ2n) is 5.40.